The van der Waals surface area contributed by atoms with Crippen LogP contribution in [0.5, 0.6) is 0 Å². The third-order valence-corrected chi connectivity index (χ3v) is 8.84. The van der Waals surface area contributed by atoms with E-state index in [4.69, 9.17) is 4.74 Å². The number of fused-ring (bicyclic) bond motifs is 2. The number of aliphatic carboxylic acids is 1. The lowest BCUT2D eigenvalue weighted by Gasteiger charge is -2.58. The summed E-state index contributed by atoms with van der Waals surface area (Å²) in [5, 5.41) is 20.5. The minimum atomic E-state index is -1.18. The molecular formula is C23H34O5. The van der Waals surface area contributed by atoms with Crippen LogP contribution in [0.2, 0.25) is 0 Å². The molecule has 0 aromatic heterocycles. The van der Waals surface area contributed by atoms with Crippen molar-refractivity contribution in [3.63, 3.8) is 0 Å². The molecule has 8 atom stereocenters. The van der Waals surface area contributed by atoms with Gasteiger partial charge in [-0.25, -0.2) is 0 Å². The predicted molar refractivity (Wildman–Crippen MR) is 105 cm³/mol. The number of aliphatic hydroxyl groups excluding tert-OH is 1. The molecule has 0 heterocycles. The van der Waals surface area contributed by atoms with Crippen molar-refractivity contribution >= 4 is 12.3 Å². The summed E-state index contributed by atoms with van der Waals surface area (Å²) in [5.41, 5.74) is -1.67. The fourth-order valence-corrected chi connectivity index (χ4v) is 8.05. The van der Waals surface area contributed by atoms with Crippen molar-refractivity contribution < 1.29 is 24.5 Å². The summed E-state index contributed by atoms with van der Waals surface area (Å²) in [6, 6.07) is 0. The highest BCUT2D eigenvalue weighted by Gasteiger charge is 2.84. The molecule has 4 aliphatic carbocycles. The molecule has 0 aromatic carbocycles. The Kier molecular flexibility index (Phi) is 4.59. The first-order chi connectivity index (χ1) is 13.2. The molecule has 0 radical (unpaired) electrons. The van der Waals surface area contributed by atoms with E-state index in [2.05, 4.69) is 13.0 Å². The van der Waals surface area contributed by atoms with E-state index in [1.807, 2.05) is 13.8 Å². The topological polar surface area (TPSA) is 83.8 Å². The number of carboxylic acids is 1. The Morgan fingerprint density at radius 1 is 1.32 bits per heavy atom. The van der Waals surface area contributed by atoms with Crippen molar-refractivity contribution in [2.24, 2.45) is 45.8 Å². The number of aldehydes is 1. The molecule has 2 N–H and O–H groups in total. The second kappa shape index (κ2) is 6.40. The second-order valence-corrected chi connectivity index (χ2v) is 10.4. The monoisotopic (exact) mass is 390 g/mol. The maximum atomic E-state index is 13.1. The highest BCUT2D eigenvalue weighted by Crippen LogP contribution is 2.82. The highest BCUT2D eigenvalue weighted by molar-refractivity contribution is 5.90. The highest BCUT2D eigenvalue weighted by atomic mass is 16.5. The van der Waals surface area contributed by atoms with Gasteiger partial charge in [0.25, 0.3) is 0 Å². The smallest absolute Gasteiger partial charge is 0.315 e. The average Bonchev–Trinajstić information content (AvgIpc) is 3.18. The van der Waals surface area contributed by atoms with Gasteiger partial charge in [-0.15, -0.1) is 0 Å². The summed E-state index contributed by atoms with van der Waals surface area (Å²) in [4.78, 5) is 26.0. The van der Waals surface area contributed by atoms with Gasteiger partial charge in [0.1, 0.15) is 11.7 Å². The number of carbonyl (C=O) groups is 2. The van der Waals surface area contributed by atoms with E-state index in [0.717, 1.165) is 31.1 Å². The van der Waals surface area contributed by atoms with Gasteiger partial charge in [0, 0.05) is 5.41 Å². The molecule has 0 aromatic rings. The minimum absolute atomic E-state index is 0.0537. The summed E-state index contributed by atoms with van der Waals surface area (Å²) in [5.74, 6) is 0.307. The van der Waals surface area contributed by atoms with Gasteiger partial charge in [0.2, 0.25) is 0 Å². The minimum Gasteiger partial charge on any atom is -0.481 e. The molecule has 4 aliphatic rings. The normalized spacial score (nSPS) is 47.1. The standard InChI is InChI=1S/C23H34O5/c1-13(2)19-7-16-8-21(11-24)18-6-5-14(3)17(18)9-22(16,12-28-10-15(4)25)23(19,21)20(26)27/h7,11,13-18,25H,5-6,8-10,12H2,1-4H3,(H,26,27)/t14-,15+,16+,17-,18-,21-,22+,23+/m1/s1. The Bertz CT molecular complexity index is 712. The number of allylic oxidation sites excluding steroid dienone is 1. The van der Waals surface area contributed by atoms with Gasteiger partial charge >= 0.3 is 5.97 Å². The van der Waals surface area contributed by atoms with Gasteiger partial charge in [-0.05, 0) is 55.8 Å². The first kappa shape index (κ1) is 20.1. The number of aliphatic hydroxyl groups is 1. The van der Waals surface area contributed by atoms with Gasteiger partial charge in [-0.1, -0.05) is 38.8 Å². The van der Waals surface area contributed by atoms with Crippen LogP contribution in [0.25, 0.3) is 0 Å². The molecule has 0 amide bonds. The number of carbonyl (C=O) groups excluding carboxylic acids is 1. The molecule has 5 nitrogen and oxygen atoms in total. The number of hydrogen-bond acceptors (Lipinski definition) is 4. The molecule has 28 heavy (non-hydrogen) atoms. The maximum absolute atomic E-state index is 13.1. The van der Waals surface area contributed by atoms with E-state index in [1.54, 1.807) is 6.92 Å². The molecule has 5 heteroatoms. The van der Waals surface area contributed by atoms with Crippen LogP contribution in [-0.4, -0.2) is 41.8 Å². The molecule has 4 rings (SSSR count). The quantitative estimate of drug-likeness (QED) is 0.515. The molecule has 3 saturated carbocycles. The Balaban J connectivity index is 1.90. The molecule has 0 aliphatic heterocycles. The lowest BCUT2D eigenvalue weighted by atomic mass is 9.43. The van der Waals surface area contributed by atoms with Crippen molar-refractivity contribution in [2.75, 3.05) is 13.2 Å². The van der Waals surface area contributed by atoms with Crippen molar-refractivity contribution in [1.29, 1.82) is 0 Å². The molecule has 4 bridgehead atoms. The first-order valence-corrected chi connectivity index (χ1v) is 10.9. The van der Waals surface area contributed by atoms with Gasteiger partial charge in [-0.2, -0.15) is 0 Å². The third-order valence-electron chi connectivity index (χ3n) is 8.84. The molecular weight excluding hydrogens is 356 g/mol. The molecule has 3 fully saturated rings. The first-order valence-electron chi connectivity index (χ1n) is 10.9. The van der Waals surface area contributed by atoms with E-state index < -0.39 is 28.3 Å². The molecule has 0 saturated heterocycles. The fraction of sp³-hybridized carbons (Fsp3) is 0.826. The summed E-state index contributed by atoms with van der Waals surface area (Å²) in [7, 11) is 0. The van der Waals surface area contributed by atoms with Crippen LogP contribution < -0.4 is 0 Å². The zero-order valence-corrected chi connectivity index (χ0v) is 17.5. The Labute approximate surface area is 167 Å². The van der Waals surface area contributed by atoms with Crippen LogP contribution in [0.15, 0.2) is 11.6 Å². The summed E-state index contributed by atoms with van der Waals surface area (Å²) < 4.78 is 5.95. The lowest BCUT2D eigenvalue weighted by molar-refractivity contribution is -0.187. The molecule has 156 valence electrons. The van der Waals surface area contributed by atoms with Crippen LogP contribution >= 0.6 is 0 Å². The van der Waals surface area contributed by atoms with Crippen LogP contribution in [0.1, 0.15) is 53.4 Å². The van der Waals surface area contributed by atoms with Crippen LogP contribution in [0.3, 0.4) is 0 Å². The average molecular weight is 391 g/mol. The van der Waals surface area contributed by atoms with Gasteiger partial charge < -0.3 is 19.7 Å². The van der Waals surface area contributed by atoms with Crippen molar-refractivity contribution in [1.82, 2.24) is 0 Å². The SMILES string of the molecule is CC(C)C1=C[C@H]2C[C@@]3(C=O)[C@@H]4CC[C@@H](C)[C@H]4C[C@@]2(COC[C@H](C)O)[C@]13C(=O)O. The second-order valence-electron chi connectivity index (χ2n) is 10.4. The van der Waals surface area contributed by atoms with E-state index in [9.17, 15) is 19.8 Å². The van der Waals surface area contributed by atoms with E-state index >= 15 is 0 Å². The summed E-state index contributed by atoms with van der Waals surface area (Å²) in [6.45, 7) is 8.52. The molecule has 0 spiro atoms. The van der Waals surface area contributed by atoms with Gasteiger partial charge in [0.05, 0.1) is 24.7 Å². The lowest BCUT2D eigenvalue weighted by Crippen LogP contribution is -2.63. The van der Waals surface area contributed by atoms with Gasteiger partial charge in [0.15, 0.2) is 0 Å². The maximum Gasteiger partial charge on any atom is 0.315 e. The number of rotatable bonds is 7. The Hall–Kier alpha value is -1.20. The van der Waals surface area contributed by atoms with Crippen LogP contribution in [-0.2, 0) is 14.3 Å². The number of ether oxygens (including phenoxy) is 1. The summed E-state index contributed by atoms with van der Waals surface area (Å²) >= 11 is 0. The van der Waals surface area contributed by atoms with E-state index in [0.29, 0.717) is 24.9 Å². The fourth-order valence-electron chi connectivity index (χ4n) is 8.05. The number of hydrogen-bond donors (Lipinski definition) is 2. The summed E-state index contributed by atoms with van der Waals surface area (Å²) in [6.07, 6.45) is 6.07. The zero-order chi connectivity index (χ0) is 20.5. The Morgan fingerprint density at radius 3 is 2.61 bits per heavy atom. The van der Waals surface area contributed by atoms with Crippen molar-refractivity contribution in [2.45, 2.75) is 59.5 Å². The predicted octanol–water partition coefficient (Wildman–Crippen LogP) is 3.31. The van der Waals surface area contributed by atoms with E-state index in [1.165, 1.54) is 0 Å². The van der Waals surface area contributed by atoms with Crippen LogP contribution in [0, 0.1) is 45.8 Å². The Morgan fingerprint density at radius 2 is 2.04 bits per heavy atom. The van der Waals surface area contributed by atoms with Gasteiger partial charge in [-0.3, -0.25) is 4.79 Å². The van der Waals surface area contributed by atoms with Crippen molar-refractivity contribution in [3.05, 3.63) is 11.6 Å². The van der Waals surface area contributed by atoms with Crippen LogP contribution in [0.4, 0.5) is 0 Å². The van der Waals surface area contributed by atoms with E-state index in [-0.39, 0.29) is 24.4 Å². The number of carboxylic acid groups (broad SMARTS) is 1. The van der Waals surface area contributed by atoms with Crippen molar-refractivity contribution in [3.8, 4) is 0 Å². The zero-order valence-electron chi connectivity index (χ0n) is 17.5. The molecule has 0 unspecified atom stereocenters. The largest absolute Gasteiger partial charge is 0.481 e. The third kappa shape index (κ3) is 2.10.